The fourth-order valence-corrected chi connectivity index (χ4v) is 4.35. The molecule has 1 aliphatic heterocycles. The van der Waals surface area contributed by atoms with Crippen molar-refractivity contribution in [2.45, 2.75) is 25.6 Å². The van der Waals surface area contributed by atoms with E-state index in [1.807, 2.05) is 6.07 Å². The quantitative estimate of drug-likeness (QED) is 0.298. The Bertz CT molecular complexity index is 1740. The van der Waals surface area contributed by atoms with Crippen LogP contribution in [0.5, 0.6) is 0 Å². The van der Waals surface area contributed by atoms with E-state index in [4.69, 9.17) is 5.73 Å². The van der Waals surface area contributed by atoms with Gasteiger partial charge >= 0.3 is 0 Å². The van der Waals surface area contributed by atoms with Crippen LogP contribution >= 0.6 is 0 Å². The summed E-state index contributed by atoms with van der Waals surface area (Å²) in [4.78, 5) is 18.2. The molecule has 2 unspecified atom stereocenters. The highest BCUT2D eigenvalue weighted by Gasteiger charge is 2.36. The summed E-state index contributed by atoms with van der Waals surface area (Å²) in [7, 11) is 0. The van der Waals surface area contributed by atoms with Gasteiger partial charge in [-0.05, 0) is 49.2 Å². The summed E-state index contributed by atoms with van der Waals surface area (Å²) in [6.07, 6.45) is -2.11. The van der Waals surface area contributed by atoms with Crippen molar-refractivity contribution in [3.63, 3.8) is 0 Å². The number of aromatic nitrogens is 3. The number of nitrogens with two attached hydrogens (primary N) is 1. The zero-order chi connectivity index (χ0) is 29.1. The first-order chi connectivity index (χ1) is 19.8. The van der Waals surface area contributed by atoms with Gasteiger partial charge in [0.15, 0.2) is 6.23 Å². The van der Waals surface area contributed by atoms with E-state index in [-0.39, 0.29) is 39.8 Å². The molecule has 2 aromatic heterocycles. The smallest absolute Gasteiger partial charge is 0.264 e. The molecule has 3 heterocycles. The van der Waals surface area contributed by atoms with Crippen molar-refractivity contribution < 1.29 is 18.3 Å². The highest BCUT2D eigenvalue weighted by molar-refractivity contribution is 6.06. The van der Waals surface area contributed by atoms with E-state index in [9.17, 15) is 23.5 Å². The number of rotatable bonds is 5. The minimum absolute atomic E-state index is 0.0366. The van der Waals surface area contributed by atoms with Crippen LogP contribution in [0.3, 0.4) is 0 Å². The molecule has 0 amide bonds. The lowest BCUT2D eigenvalue weighted by Crippen LogP contribution is -2.46. The van der Waals surface area contributed by atoms with Gasteiger partial charge in [-0.3, -0.25) is 4.90 Å². The monoisotopic (exact) mass is 554 g/mol. The lowest BCUT2D eigenvalue weighted by atomic mass is 9.99. The van der Waals surface area contributed by atoms with Gasteiger partial charge in [0.1, 0.15) is 40.9 Å². The van der Waals surface area contributed by atoms with Crippen LogP contribution in [0.1, 0.15) is 47.5 Å². The predicted octanol–water partition coefficient (Wildman–Crippen LogP) is 4.84. The largest absolute Gasteiger partial charge is 0.382 e. The summed E-state index contributed by atoms with van der Waals surface area (Å²) in [6.45, 7) is 1.73. The van der Waals surface area contributed by atoms with E-state index in [1.54, 1.807) is 25.1 Å². The predicted molar refractivity (Wildman–Crippen MR) is 147 cm³/mol. The topological polar surface area (TPSA) is 136 Å². The molecule has 0 bridgehead atoms. The highest BCUT2D eigenvalue weighted by atomic mass is 19.3. The van der Waals surface area contributed by atoms with Crippen LogP contribution < -0.4 is 16.0 Å². The number of aliphatic hydroxyl groups excluding tert-OH is 1. The molecule has 4 N–H and O–H groups in total. The third-order valence-electron chi connectivity index (χ3n) is 6.25. The van der Waals surface area contributed by atoms with Crippen molar-refractivity contribution >= 4 is 28.8 Å². The summed E-state index contributed by atoms with van der Waals surface area (Å²) in [6, 6.07) is 14.6. The average molecular weight is 555 g/mol. The maximum Gasteiger partial charge on any atom is 0.264 e. The molecule has 2 atom stereocenters. The van der Waals surface area contributed by atoms with Crippen LogP contribution in [-0.4, -0.2) is 31.9 Å². The van der Waals surface area contributed by atoms with Gasteiger partial charge in [0, 0.05) is 16.8 Å². The van der Waals surface area contributed by atoms with E-state index < -0.39 is 24.5 Å². The molecule has 2 aromatic carbocycles. The molecule has 12 heteroatoms. The van der Waals surface area contributed by atoms with Crippen molar-refractivity contribution in [3.8, 4) is 17.9 Å². The molecular weight excluding hydrogens is 533 g/mol. The number of hydrogen-bond donors (Lipinski definition) is 3. The van der Waals surface area contributed by atoms with Gasteiger partial charge in [0.2, 0.25) is 0 Å². The summed E-state index contributed by atoms with van der Waals surface area (Å²) in [5.41, 5.74) is 7.08. The molecule has 204 valence electrons. The van der Waals surface area contributed by atoms with Gasteiger partial charge in [0.05, 0.1) is 29.6 Å². The van der Waals surface area contributed by atoms with E-state index in [2.05, 4.69) is 37.1 Å². The van der Waals surface area contributed by atoms with E-state index in [0.717, 1.165) is 6.20 Å². The lowest BCUT2D eigenvalue weighted by Gasteiger charge is -2.38. The van der Waals surface area contributed by atoms with Crippen molar-refractivity contribution in [1.82, 2.24) is 15.0 Å². The number of nitriles is 1. The normalized spacial score (nSPS) is 14.8. The number of alkyl halides is 2. The fourth-order valence-electron chi connectivity index (χ4n) is 4.35. The molecule has 41 heavy (non-hydrogen) atoms. The van der Waals surface area contributed by atoms with Crippen LogP contribution in [0.15, 0.2) is 72.1 Å². The first kappa shape index (κ1) is 27.1. The number of nitrogen functional groups attached to an aromatic ring is 1. The van der Waals surface area contributed by atoms with Gasteiger partial charge in [-0.2, -0.15) is 5.26 Å². The van der Waals surface area contributed by atoms with E-state index in [0.29, 0.717) is 16.9 Å². The summed E-state index contributed by atoms with van der Waals surface area (Å²) < 4.78 is 41.1. The summed E-state index contributed by atoms with van der Waals surface area (Å²) in [5.74, 6) is 5.71. The minimum Gasteiger partial charge on any atom is -0.382 e. The van der Waals surface area contributed by atoms with Gasteiger partial charge in [-0.25, -0.2) is 33.1 Å². The SMILES string of the molecule is CC(Nc1ncnc(N)c1C#Cc1ccc(F)cn1)C1=Nc2cccc(C(F)F)c2C(O)N1c1cccc(C#N)c1. The Morgan fingerprint density at radius 3 is 2.61 bits per heavy atom. The number of fused-ring (bicyclic) bond motifs is 1. The van der Waals surface area contributed by atoms with Gasteiger partial charge in [-0.1, -0.05) is 24.1 Å². The second-order valence-electron chi connectivity index (χ2n) is 8.92. The van der Waals surface area contributed by atoms with E-state index in [1.165, 1.54) is 47.6 Å². The van der Waals surface area contributed by atoms with E-state index >= 15 is 0 Å². The molecular formula is C29H21F3N8O. The number of aliphatic imine (C=N–C) groups is 1. The number of pyridine rings is 1. The highest BCUT2D eigenvalue weighted by Crippen LogP contribution is 2.42. The second kappa shape index (κ2) is 11.3. The van der Waals surface area contributed by atoms with Gasteiger partial charge in [-0.15, -0.1) is 0 Å². The number of halogens is 3. The number of amidine groups is 1. The van der Waals surface area contributed by atoms with Crippen LogP contribution in [0, 0.1) is 29.0 Å². The van der Waals surface area contributed by atoms with Crippen LogP contribution in [0.4, 0.5) is 36.2 Å². The Kier molecular flexibility index (Phi) is 7.50. The molecule has 0 saturated heterocycles. The molecule has 4 aromatic rings. The van der Waals surface area contributed by atoms with Crippen molar-refractivity contribution in [2.75, 3.05) is 16.0 Å². The molecule has 0 radical (unpaired) electrons. The Morgan fingerprint density at radius 1 is 1.07 bits per heavy atom. The maximum atomic E-state index is 13.9. The molecule has 0 fully saturated rings. The number of aliphatic hydroxyl groups is 1. The van der Waals surface area contributed by atoms with Crippen LogP contribution in [-0.2, 0) is 0 Å². The zero-order valence-corrected chi connectivity index (χ0v) is 21.4. The van der Waals surface area contributed by atoms with Gasteiger partial charge in [0.25, 0.3) is 6.43 Å². The molecule has 5 rings (SSSR count). The number of anilines is 3. The number of benzene rings is 2. The minimum atomic E-state index is -2.85. The van der Waals surface area contributed by atoms with Crippen LogP contribution in [0.2, 0.25) is 0 Å². The molecule has 0 saturated carbocycles. The third kappa shape index (κ3) is 5.50. The number of nitrogens with one attached hydrogen (secondary N) is 1. The Balaban J connectivity index is 1.58. The summed E-state index contributed by atoms with van der Waals surface area (Å²) in [5, 5.41) is 24.1. The summed E-state index contributed by atoms with van der Waals surface area (Å²) >= 11 is 0. The van der Waals surface area contributed by atoms with Crippen LogP contribution in [0.25, 0.3) is 0 Å². The standard InChI is InChI=1S/C29H21F3N8O/c1-16(38-27-22(26(34)36-15-37-27)11-10-19-9-8-18(30)14-35-19)28-39-23-7-3-6-21(25(31)32)24(23)29(41)40(28)20-5-2-4-17(12-20)13-33/h2-9,12,14-16,25,29,41H,1H3,(H3,34,36,37,38). The molecule has 0 spiro atoms. The number of hydrogen-bond acceptors (Lipinski definition) is 9. The van der Waals surface area contributed by atoms with Crippen molar-refractivity contribution in [2.24, 2.45) is 4.99 Å². The third-order valence-corrected chi connectivity index (χ3v) is 6.25. The second-order valence-corrected chi connectivity index (χ2v) is 8.92. The maximum absolute atomic E-state index is 13.9. The first-order valence-electron chi connectivity index (χ1n) is 12.2. The molecule has 0 aliphatic carbocycles. The first-order valence-corrected chi connectivity index (χ1v) is 12.2. The molecule has 1 aliphatic rings. The average Bonchev–Trinajstić information content (AvgIpc) is 2.97. The van der Waals surface area contributed by atoms with Crippen molar-refractivity contribution in [3.05, 3.63) is 101 Å². The van der Waals surface area contributed by atoms with Gasteiger partial charge < -0.3 is 16.2 Å². The Labute approximate surface area is 232 Å². The lowest BCUT2D eigenvalue weighted by molar-refractivity contribution is 0.138. The zero-order valence-electron chi connectivity index (χ0n) is 21.4. The Hall–Kier alpha value is -5.46. The number of nitrogens with zero attached hydrogens (tertiary/aromatic N) is 6. The molecule has 9 nitrogen and oxygen atoms in total. The Morgan fingerprint density at radius 2 is 1.88 bits per heavy atom. The fraction of sp³-hybridized carbons (Fsp3) is 0.138. The van der Waals surface area contributed by atoms with Crippen molar-refractivity contribution in [1.29, 1.82) is 5.26 Å².